The largest absolute Gasteiger partial charge is 0.486 e. The number of methoxy groups -OCH3 is 1. The highest BCUT2D eigenvalue weighted by atomic mass is 16.6. The maximum Gasteiger partial charge on any atom is 0.410 e. The first-order valence-electron chi connectivity index (χ1n) is 14.8. The Morgan fingerprint density at radius 1 is 1.12 bits per heavy atom. The molecule has 3 amide bonds. The maximum absolute atomic E-state index is 13.8. The average molecular weight is 602 g/mol. The van der Waals surface area contributed by atoms with E-state index in [1.807, 2.05) is 18.2 Å². The number of alkyl carbamates (subject to hydrolysis) is 1. The van der Waals surface area contributed by atoms with E-state index >= 15 is 0 Å². The molecule has 0 aromatic heterocycles. The number of nitrogens with zero attached hydrogens (tertiary/aromatic N) is 2. The Bertz CT molecular complexity index is 1210. The van der Waals surface area contributed by atoms with Gasteiger partial charge in [-0.15, -0.1) is 6.58 Å². The minimum absolute atomic E-state index is 0.0135. The van der Waals surface area contributed by atoms with Crippen molar-refractivity contribution < 1.29 is 42.9 Å². The van der Waals surface area contributed by atoms with Crippen molar-refractivity contribution in [2.75, 3.05) is 26.9 Å². The molecule has 3 aliphatic rings. The second-order valence-electron chi connectivity index (χ2n) is 12.0. The summed E-state index contributed by atoms with van der Waals surface area (Å²) >= 11 is 0. The van der Waals surface area contributed by atoms with Crippen LogP contribution >= 0.6 is 0 Å². The summed E-state index contributed by atoms with van der Waals surface area (Å²) in [5.74, 6) is 0.226. The Kier molecular flexibility index (Phi) is 10.4. The zero-order valence-electron chi connectivity index (χ0n) is 25.5. The number of benzene rings is 1. The number of ether oxygens (including phenoxy) is 5. The summed E-state index contributed by atoms with van der Waals surface area (Å²) in [4.78, 5) is 55.3. The Morgan fingerprint density at radius 3 is 2.60 bits per heavy atom. The average Bonchev–Trinajstić information content (AvgIpc) is 3.60. The van der Waals surface area contributed by atoms with Gasteiger partial charge in [-0.25, -0.2) is 14.4 Å². The van der Waals surface area contributed by atoms with E-state index < -0.39 is 47.9 Å². The number of nitrogens with one attached hydrogen (secondary N) is 1. The van der Waals surface area contributed by atoms with Crippen LogP contribution in [0, 0.1) is 0 Å². The van der Waals surface area contributed by atoms with Crippen molar-refractivity contribution >= 4 is 24.1 Å². The Balaban J connectivity index is 1.43. The monoisotopic (exact) mass is 601 g/mol. The van der Waals surface area contributed by atoms with Crippen molar-refractivity contribution in [3.8, 4) is 11.5 Å². The summed E-state index contributed by atoms with van der Waals surface area (Å²) < 4.78 is 27.7. The lowest BCUT2D eigenvalue weighted by atomic mass is 10.1. The lowest BCUT2D eigenvalue weighted by molar-refractivity contribution is -0.151. The van der Waals surface area contributed by atoms with Crippen molar-refractivity contribution in [1.29, 1.82) is 0 Å². The first kappa shape index (κ1) is 32.0. The van der Waals surface area contributed by atoms with E-state index in [1.165, 1.54) is 12.0 Å². The molecule has 4 rings (SSSR count). The van der Waals surface area contributed by atoms with Crippen LogP contribution in [0.4, 0.5) is 9.59 Å². The first-order chi connectivity index (χ1) is 20.5. The molecule has 3 atom stereocenters. The molecule has 236 valence electrons. The minimum Gasteiger partial charge on any atom is -0.486 e. The smallest absolute Gasteiger partial charge is 0.410 e. The van der Waals surface area contributed by atoms with Crippen molar-refractivity contribution in [2.45, 2.75) is 96.2 Å². The Morgan fingerprint density at radius 2 is 1.88 bits per heavy atom. The molecule has 1 aromatic rings. The number of esters is 1. The number of allylic oxidation sites excluding steroid dienone is 1. The number of amides is 3. The predicted molar refractivity (Wildman–Crippen MR) is 156 cm³/mol. The van der Waals surface area contributed by atoms with Gasteiger partial charge < -0.3 is 33.9 Å². The van der Waals surface area contributed by atoms with Crippen LogP contribution in [0.3, 0.4) is 0 Å². The molecule has 3 unspecified atom stereocenters. The molecule has 0 saturated carbocycles. The third-order valence-electron chi connectivity index (χ3n) is 7.55. The van der Waals surface area contributed by atoms with Gasteiger partial charge in [0.15, 0.2) is 11.5 Å². The number of fused-ring (bicyclic) bond motifs is 3. The standard InChI is InChI=1S/C31H43N3O9/c1-6-7-8-9-10-11-23(32-29(37)43-31(2,3)4)27(35)34-18-21(16-24(34)28(36)39-5)42-30(38)33-17-20-12-13-25-26(22(20)19-33)41-15-14-40-25/h6,12-13,21,23-24H,1,7-11,14-19H2,2-5H3,(H,32,37). The van der Waals surface area contributed by atoms with Gasteiger partial charge in [0.2, 0.25) is 5.91 Å². The van der Waals surface area contributed by atoms with Gasteiger partial charge >= 0.3 is 18.2 Å². The second-order valence-corrected chi connectivity index (χ2v) is 12.0. The molecule has 0 bridgehead atoms. The lowest BCUT2D eigenvalue weighted by Crippen LogP contribution is -2.52. The highest BCUT2D eigenvalue weighted by Crippen LogP contribution is 2.40. The molecule has 0 aliphatic carbocycles. The number of carbonyl (C=O) groups excluding carboxylic acids is 4. The van der Waals surface area contributed by atoms with Crippen LogP contribution in [0.5, 0.6) is 11.5 Å². The normalized spacial score (nSPS) is 19.7. The summed E-state index contributed by atoms with van der Waals surface area (Å²) in [5.41, 5.74) is 1.08. The molecule has 0 radical (unpaired) electrons. The van der Waals surface area contributed by atoms with Gasteiger partial charge in [0, 0.05) is 18.5 Å². The fraction of sp³-hybridized carbons (Fsp3) is 0.613. The van der Waals surface area contributed by atoms with Crippen LogP contribution in [0.1, 0.15) is 70.4 Å². The minimum atomic E-state index is -0.965. The highest BCUT2D eigenvalue weighted by molar-refractivity contribution is 5.90. The fourth-order valence-electron chi connectivity index (χ4n) is 5.54. The molecule has 43 heavy (non-hydrogen) atoms. The van der Waals surface area contributed by atoms with Crippen LogP contribution in [-0.2, 0) is 36.9 Å². The van der Waals surface area contributed by atoms with E-state index in [0.29, 0.717) is 50.6 Å². The quantitative estimate of drug-likeness (QED) is 0.182. The molecule has 1 fully saturated rings. The van der Waals surface area contributed by atoms with Gasteiger partial charge in [-0.05, 0) is 51.7 Å². The third-order valence-corrected chi connectivity index (χ3v) is 7.55. The topological polar surface area (TPSA) is 133 Å². The second kappa shape index (κ2) is 14.0. The van der Waals surface area contributed by atoms with Gasteiger partial charge in [-0.1, -0.05) is 25.0 Å². The van der Waals surface area contributed by atoms with Gasteiger partial charge in [0.25, 0.3) is 0 Å². The van der Waals surface area contributed by atoms with Crippen LogP contribution in [0.15, 0.2) is 24.8 Å². The molecule has 12 heteroatoms. The summed E-state index contributed by atoms with van der Waals surface area (Å²) in [6.45, 7) is 10.5. The molecule has 1 saturated heterocycles. The summed E-state index contributed by atoms with van der Waals surface area (Å²) in [6.07, 6.45) is 3.52. The highest BCUT2D eigenvalue weighted by Gasteiger charge is 2.45. The molecular formula is C31H43N3O9. The molecule has 3 heterocycles. The Hall–Kier alpha value is -3.96. The molecule has 0 spiro atoms. The van der Waals surface area contributed by atoms with Crippen LogP contribution in [0.2, 0.25) is 0 Å². The summed E-state index contributed by atoms with van der Waals surface area (Å²) in [6, 6.07) is 1.85. The SMILES string of the molecule is C=CCCCCCC(NC(=O)OC(C)(C)C)C(=O)N1CC(OC(=O)N2Cc3ccc4c(c3C2)OCCO4)CC1C(=O)OC. The van der Waals surface area contributed by atoms with Crippen LogP contribution in [-0.4, -0.2) is 84.5 Å². The molecule has 3 aliphatic heterocycles. The fourth-order valence-corrected chi connectivity index (χ4v) is 5.54. The number of carbonyl (C=O) groups is 4. The number of rotatable bonds is 10. The van der Waals surface area contributed by atoms with Gasteiger partial charge in [0.05, 0.1) is 20.2 Å². The third kappa shape index (κ3) is 8.11. The summed E-state index contributed by atoms with van der Waals surface area (Å²) in [5, 5.41) is 2.69. The van der Waals surface area contributed by atoms with Crippen molar-refractivity contribution in [1.82, 2.24) is 15.1 Å². The molecular weight excluding hydrogens is 558 g/mol. The van der Waals surface area contributed by atoms with Gasteiger partial charge in [0.1, 0.15) is 37.0 Å². The van der Waals surface area contributed by atoms with E-state index in [9.17, 15) is 19.2 Å². The van der Waals surface area contributed by atoms with Crippen molar-refractivity contribution in [2.24, 2.45) is 0 Å². The molecule has 1 N–H and O–H groups in total. The first-order valence-corrected chi connectivity index (χ1v) is 14.8. The Labute approximate surface area is 252 Å². The summed E-state index contributed by atoms with van der Waals surface area (Å²) in [7, 11) is 1.24. The van der Waals surface area contributed by atoms with E-state index in [0.717, 1.165) is 30.4 Å². The van der Waals surface area contributed by atoms with E-state index in [4.69, 9.17) is 23.7 Å². The number of hydrogen-bond donors (Lipinski definition) is 1. The van der Waals surface area contributed by atoms with E-state index in [-0.39, 0.29) is 13.0 Å². The van der Waals surface area contributed by atoms with Crippen LogP contribution < -0.4 is 14.8 Å². The number of likely N-dealkylation sites (tertiary alicyclic amines) is 1. The molecule has 1 aromatic carbocycles. The van der Waals surface area contributed by atoms with Gasteiger partial charge in [-0.3, -0.25) is 9.69 Å². The van der Waals surface area contributed by atoms with E-state index in [1.54, 1.807) is 25.7 Å². The number of unbranched alkanes of at least 4 members (excludes halogenated alkanes) is 3. The zero-order valence-corrected chi connectivity index (χ0v) is 25.5. The van der Waals surface area contributed by atoms with Gasteiger partial charge in [-0.2, -0.15) is 0 Å². The van der Waals surface area contributed by atoms with Crippen molar-refractivity contribution in [3.05, 3.63) is 35.9 Å². The lowest BCUT2D eigenvalue weighted by Gasteiger charge is -2.29. The van der Waals surface area contributed by atoms with Crippen LogP contribution in [0.25, 0.3) is 0 Å². The maximum atomic E-state index is 13.8. The predicted octanol–water partition coefficient (Wildman–Crippen LogP) is 4.08. The van der Waals surface area contributed by atoms with Crippen molar-refractivity contribution in [3.63, 3.8) is 0 Å². The molecule has 12 nitrogen and oxygen atoms in total. The number of hydrogen-bond acceptors (Lipinski definition) is 9. The zero-order chi connectivity index (χ0) is 31.1. The van der Waals surface area contributed by atoms with E-state index in [2.05, 4.69) is 11.9 Å².